The van der Waals surface area contributed by atoms with Crippen molar-refractivity contribution in [1.82, 2.24) is 0 Å². The SMILES string of the molecule is Cc1c(C(=O)c2ccccc2)oc2cc(O)c(C3=Nc4ccccc4NC(c4ccc5c(c4)OCO5)C3)cc12. The van der Waals surface area contributed by atoms with Crippen LogP contribution in [0.2, 0.25) is 0 Å². The number of aryl methyl sites for hydroxylation is 1. The largest absolute Gasteiger partial charge is 0.507 e. The number of phenolic OH excluding ortho intramolecular Hbond substituents is 1. The molecule has 2 aliphatic heterocycles. The van der Waals surface area contributed by atoms with Crippen molar-refractivity contribution in [3.05, 3.63) is 113 Å². The number of anilines is 1. The van der Waals surface area contributed by atoms with Gasteiger partial charge in [-0.3, -0.25) is 9.79 Å². The Morgan fingerprint density at radius 1 is 0.949 bits per heavy atom. The quantitative estimate of drug-likeness (QED) is 0.248. The number of hydrogen-bond donors (Lipinski definition) is 2. The van der Waals surface area contributed by atoms with Gasteiger partial charge in [0.2, 0.25) is 12.6 Å². The fraction of sp³-hybridized carbons (Fsp3) is 0.125. The number of nitrogens with zero attached hydrogens (tertiary/aromatic N) is 1. The summed E-state index contributed by atoms with van der Waals surface area (Å²) in [4.78, 5) is 18.1. The minimum atomic E-state index is -0.196. The minimum Gasteiger partial charge on any atom is -0.507 e. The molecule has 1 aromatic heterocycles. The number of rotatable bonds is 4. The summed E-state index contributed by atoms with van der Waals surface area (Å²) in [6, 6.07) is 26.1. The van der Waals surface area contributed by atoms with Gasteiger partial charge < -0.3 is 24.3 Å². The molecule has 0 aliphatic carbocycles. The van der Waals surface area contributed by atoms with Gasteiger partial charge in [-0.05, 0) is 42.8 Å². The van der Waals surface area contributed by atoms with E-state index in [-0.39, 0.29) is 30.1 Å². The fourth-order valence-electron chi connectivity index (χ4n) is 5.24. The first-order valence-electron chi connectivity index (χ1n) is 12.7. The van der Waals surface area contributed by atoms with Crippen molar-refractivity contribution in [3.63, 3.8) is 0 Å². The molecular weight excluding hydrogens is 492 g/mol. The molecule has 7 nitrogen and oxygen atoms in total. The second-order valence-corrected chi connectivity index (χ2v) is 9.71. The number of furan rings is 1. The monoisotopic (exact) mass is 516 g/mol. The molecule has 0 spiro atoms. The zero-order valence-electron chi connectivity index (χ0n) is 21.1. The van der Waals surface area contributed by atoms with Gasteiger partial charge in [0, 0.05) is 34.6 Å². The number of ether oxygens (including phenoxy) is 2. The molecule has 1 unspecified atom stereocenters. The molecule has 0 fully saturated rings. The van der Waals surface area contributed by atoms with Crippen LogP contribution < -0.4 is 14.8 Å². The molecule has 5 aromatic rings. The topological polar surface area (TPSA) is 93.3 Å². The summed E-state index contributed by atoms with van der Waals surface area (Å²) in [6.07, 6.45) is 0.500. The molecule has 192 valence electrons. The van der Waals surface area contributed by atoms with Gasteiger partial charge in [0.25, 0.3) is 0 Å². The van der Waals surface area contributed by atoms with Crippen LogP contribution in [0.1, 0.15) is 45.3 Å². The van der Waals surface area contributed by atoms with Gasteiger partial charge in [-0.2, -0.15) is 0 Å². The van der Waals surface area contributed by atoms with Crippen LogP contribution in [0.15, 0.2) is 94.3 Å². The molecule has 7 rings (SSSR count). The highest BCUT2D eigenvalue weighted by atomic mass is 16.7. The van der Waals surface area contributed by atoms with Crippen molar-refractivity contribution in [3.8, 4) is 17.2 Å². The third kappa shape index (κ3) is 3.99. The molecule has 0 radical (unpaired) electrons. The molecule has 7 heteroatoms. The van der Waals surface area contributed by atoms with E-state index in [4.69, 9.17) is 18.9 Å². The maximum Gasteiger partial charge on any atom is 0.231 e. The number of benzene rings is 4. The van der Waals surface area contributed by atoms with Crippen molar-refractivity contribution in [2.75, 3.05) is 12.1 Å². The predicted octanol–water partition coefficient (Wildman–Crippen LogP) is 7.08. The van der Waals surface area contributed by atoms with E-state index in [9.17, 15) is 9.90 Å². The first-order valence-corrected chi connectivity index (χ1v) is 12.7. The summed E-state index contributed by atoms with van der Waals surface area (Å²) in [5, 5.41) is 15.5. The van der Waals surface area contributed by atoms with E-state index >= 15 is 0 Å². The lowest BCUT2D eigenvalue weighted by atomic mass is 9.95. The number of carbonyl (C=O) groups is 1. The lowest BCUT2D eigenvalue weighted by Crippen LogP contribution is -2.14. The van der Waals surface area contributed by atoms with E-state index in [0.717, 1.165) is 33.6 Å². The average Bonchev–Trinajstić information content (AvgIpc) is 3.50. The fourth-order valence-corrected chi connectivity index (χ4v) is 5.24. The molecule has 0 saturated carbocycles. The Morgan fingerprint density at radius 3 is 2.62 bits per heavy atom. The van der Waals surface area contributed by atoms with E-state index in [1.165, 1.54) is 0 Å². The summed E-state index contributed by atoms with van der Waals surface area (Å²) >= 11 is 0. The Kier molecular flexibility index (Phi) is 5.37. The summed E-state index contributed by atoms with van der Waals surface area (Å²) < 4.78 is 17.1. The van der Waals surface area contributed by atoms with Crippen LogP contribution >= 0.6 is 0 Å². The van der Waals surface area contributed by atoms with Gasteiger partial charge >= 0.3 is 0 Å². The van der Waals surface area contributed by atoms with Gasteiger partial charge in [-0.25, -0.2) is 0 Å². The van der Waals surface area contributed by atoms with E-state index in [0.29, 0.717) is 34.6 Å². The van der Waals surface area contributed by atoms with Crippen LogP contribution in [0, 0.1) is 6.92 Å². The number of para-hydroxylation sites is 2. The smallest absolute Gasteiger partial charge is 0.231 e. The molecular formula is C32H24N2O5. The van der Waals surface area contributed by atoms with Crippen LogP contribution in [-0.4, -0.2) is 23.4 Å². The van der Waals surface area contributed by atoms with E-state index in [2.05, 4.69) is 5.32 Å². The van der Waals surface area contributed by atoms with Crippen molar-refractivity contribution in [2.24, 2.45) is 4.99 Å². The standard InChI is InChI=1S/C32H24N2O5/c1-18-21-14-22(27(35)16-29(21)39-32(18)31(36)19-7-3-2-4-8-19)26-15-25(33-23-9-5-6-10-24(23)34-26)20-11-12-28-30(13-20)38-17-37-28/h2-14,16,25,33,35H,15,17H2,1H3. The molecule has 0 amide bonds. The highest BCUT2D eigenvalue weighted by Crippen LogP contribution is 2.41. The number of ketones is 1. The summed E-state index contributed by atoms with van der Waals surface area (Å²) in [6.45, 7) is 2.07. The highest BCUT2D eigenvalue weighted by molar-refractivity contribution is 6.12. The van der Waals surface area contributed by atoms with Crippen molar-refractivity contribution in [2.45, 2.75) is 19.4 Å². The first-order chi connectivity index (χ1) is 19.0. The second kappa shape index (κ2) is 9.06. The maximum atomic E-state index is 13.2. The molecule has 0 bridgehead atoms. The Hall–Kier alpha value is -5.04. The number of phenols is 1. The third-order valence-electron chi connectivity index (χ3n) is 7.29. The maximum absolute atomic E-state index is 13.2. The molecule has 4 aromatic carbocycles. The summed E-state index contributed by atoms with van der Waals surface area (Å²) in [5.41, 5.74) is 5.71. The van der Waals surface area contributed by atoms with Gasteiger partial charge in [0.05, 0.1) is 23.1 Å². The van der Waals surface area contributed by atoms with Crippen molar-refractivity contribution >= 4 is 33.8 Å². The van der Waals surface area contributed by atoms with Crippen LogP contribution in [0.4, 0.5) is 11.4 Å². The van der Waals surface area contributed by atoms with Gasteiger partial charge in [-0.1, -0.05) is 48.5 Å². The van der Waals surface area contributed by atoms with Gasteiger partial charge in [-0.15, -0.1) is 0 Å². The molecule has 3 heterocycles. The Bertz CT molecular complexity index is 1790. The van der Waals surface area contributed by atoms with Crippen molar-refractivity contribution < 1.29 is 23.8 Å². The van der Waals surface area contributed by atoms with Crippen LogP contribution in [0.25, 0.3) is 11.0 Å². The number of fused-ring (bicyclic) bond motifs is 3. The van der Waals surface area contributed by atoms with Crippen LogP contribution in [0.5, 0.6) is 17.2 Å². The highest BCUT2D eigenvalue weighted by Gasteiger charge is 2.26. The van der Waals surface area contributed by atoms with E-state index in [1.807, 2.05) is 73.7 Å². The predicted molar refractivity (Wildman–Crippen MR) is 149 cm³/mol. The Balaban J connectivity index is 1.33. The third-order valence-corrected chi connectivity index (χ3v) is 7.29. The number of carbonyl (C=O) groups excluding carboxylic acids is 1. The molecule has 2 N–H and O–H groups in total. The lowest BCUT2D eigenvalue weighted by molar-refractivity contribution is 0.101. The number of hydrogen-bond acceptors (Lipinski definition) is 7. The molecule has 0 saturated heterocycles. The zero-order chi connectivity index (χ0) is 26.5. The van der Waals surface area contributed by atoms with E-state index < -0.39 is 0 Å². The minimum absolute atomic E-state index is 0.0394. The number of nitrogens with one attached hydrogen (secondary N) is 1. The lowest BCUT2D eigenvalue weighted by Gasteiger charge is -2.20. The average molecular weight is 517 g/mol. The van der Waals surface area contributed by atoms with E-state index in [1.54, 1.807) is 18.2 Å². The van der Waals surface area contributed by atoms with Crippen LogP contribution in [-0.2, 0) is 0 Å². The molecule has 39 heavy (non-hydrogen) atoms. The first kappa shape index (κ1) is 23.1. The molecule has 2 aliphatic rings. The number of aromatic hydroxyl groups is 1. The van der Waals surface area contributed by atoms with Gasteiger partial charge in [0.1, 0.15) is 11.3 Å². The van der Waals surface area contributed by atoms with Gasteiger partial charge in [0.15, 0.2) is 17.3 Å². The zero-order valence-corrected chi connectivity index (χ0v) is 21.1. The Labute approximate surface area is 224 Å². The van der Waals surface area contributed by atoms with Crippen LogP contribution in [0.3, 0.4) is 0 Å². The van der Waals surface area contributed by atoms with Crippen molar-refractivity contribution in [1.29, 1.82) is 0 Å². The normalized spacial score (nSPS) is 15.8. The second-order valence-electron chi connectivity index (χ2n) is 9.71. The summed E-state index contributed by atoms with van der Waals surface area (Å²) in [7, 11) is 0. The number of aliphatic imine (C=N–C) groups is 1. The Morgan fingerprint density at radius 2 is 1.74 bits per heavy atom. The molecule has 1 atom stereocenters. The summed E-state index contributed by atoms with van der Waals surface area (Å²) in [5.74, 6) is 1.54.